The second-order valence-electron chi connectivity index (χ2n) is 20.4. The van der Waals surface area contributed by atoms with Crippen molar-refractivity contribution in [3.05, 3.63) is 106 Å². The van der Waals surface area contributed by atoms with Gasteiger partial charge < -0.3 is 67.0 Å². The molecule has 1 aliphatic rings. The molecule has 0 saturated carbocycles. The van der Waals surface area contributed by atoms with E-state index in [9.17, 15) is 29.5 Å². The summed E-state index contributed by atoms with van der Waals surface area (Å²) < 4.78 is 24.6. The lowest BCUT2D eigenvalue weighted by atomic mass is 9.93. The Morgan fingerprint density at radius 1 is 0.753 bits per heavy atom. The Bertz CT molecular complexity index is 2800. The summed E-state index contributed by atoms with van der Waals surface area (Å²) in [5.41, 5.74) is 15.3. The first-order valence-electron chi connectivity index (χ1n) is 28.2. The highest BCUT2D eigenvalue weighted by Gasteiger charge is 2.36. The molecule has 1 unspecified atom stereocenters. The molecule has 1 aliphatic heterocycles. The smallest absolute Gasteiger partial charge is 0.335 e. The predicted molar refractivity (Wildman–Crippen MR) is 309 cm³/mol. The van der Waals surface area contributed by atoms with Gasteiger partial charge in [0, 0.05) is 49.3 Å². The fraction of sp³-hybridized carbons (Fsp3) is 0.492. The number of ether oxygens (including phenoxy) is 4. The van der Waals surface area contributed by atoms with Gasteiger partial charge >= 0.3 is 5.97 Å². The lowest BCUT2D eigenvalue weighted by Gasteiger charge is -2.33. The van der Waals surface area contributed by atoms with Crippen LogP contribution in [0.3, 0.4) is 0 Å². The summed E-state index contributed by atoms with van der Waals surface area (Å²) in [5.74, 6) is -2.43. The minimum absolute atomic E-state index is 0.0143. The van der Waals surface area contributed by atoms with Gasteiger partial charge in [-0.3, -0.25) is 24.0 Å². The number of nitriles is 1. The molecule has 0 fully saturated rings. The van der Waals surface area contributed by atoms with E-state index < -0.39 is 59.7 Å². The second-order valence-corrected chi connectivity index (χ2v) is 20.4. The van der Waals surface area contributed by atoms with Crippen LogP contribution in [0.5, 0.6) is 23.0 Å². The van der Waals surface area contributed by atoms with Crippen molar-refractivity contribution in [1.82, 2.24) is 31.5 Å². The summed E-state index contributed by atoms with van der Waals surface area (Å²) in [4.78, 5) is 85.5. The highest BCUT2D eigenvalue weighted by Crippen LogP contribution is 2.40. The molecule has 20 nitrogen and oxygen atoms in total. The van der Waals surface area contributed by atoms with Crippen LogP contribution in [-0.2, 0) is 25.6 Å². The number of nitrogens with zero attached hydrogens (tertiary/aromatic N) is 2. The minimum atomic E-state index is -1.44. The Labute approximate surface area is 476 Å². The first kappa shape index (κ1) is 64.1. The van der Waals surface area contributed by atoms with E-state index in [2.05, 4.69) is 40.4 Å². The molecule has 10 N–H and O–H groups in total. The van der Waals surface area contributed by atoms with Gasteiger partial charge in [0.25, 0.3) is 5.91 Å². The number of nitrogens with one attached hydrogen (secondary N) is 5. The first-order chi connectivity index (χ1) is 39.0. The standard InChI is InChI=1S/C61H83N9O11/c1-7-9-11-12-14-30-78-45-18-20-47(39(3)33-45)57(72)68-51(24-28-65-44(15-13-10-8-2)38-81-46-19-21-48(61(76)77)40(4)34-46)60(75)70(6)55-43-17-23-54(80-32-27-64)50(37-43)49-35-42(16-22-53(49)79-31-26-63)36-52(58(73)66-29-25-62)69-56(71)41(5)67-59(55)74/h16-23,33-35,37,41,44,51-52,55,65H,7-15,24,26-32,36,38,63-64H2,1-6H3,(H,66,73)(H,67,74)(H,68,72)(H,69,71)(H,76,77)/t41-,44?,51-,52-,55-/m0/s1. The Morgan fingerprint density at radius 2 is 1.38 bits per heavy atom. The summed E-state index contributed by atoms with van der Waals surface area (Å²) in [7, 11) is 1.45. The third kappa shape index (κ3) is 19.2. The van der Waals surface area contributed by atoms with Crippen LogP contribution in [0.1, 0.15) is 134 Å². The number of carboxylic acids is 1. The number of carbonyl (C=O) groups is 6. The normalized spacial score (nSPS) is 15.8. The number of unbranched alkanes of at least 4 members (excludes halogenated alkanes) is 6. The topological polar surface area (TPSA) is 299 Å². The zero-order valence-electron chi connectivity index (χ0n) is 47.8. The molecule has 0 aromatic heterocycles. The van der Waals surface area contributed by atoms with Crippen molar-refractivity contribution < 1.29 is 52.8 Å². The SMILES string of the molecule is CCCCCCCOc1ccc(C(=O)N[C@@H](CCNC(CCCCC)COc2ccc(C(=O)O)c(C)c2)C(=O)N(C)[C@@H]2C(=O)N[C@@H](C)C(=O)N[C@H](C(=O)NCC#N)Cc3ccc(OCCN)c(c3)-c3cc2ccc3OCCN)c(C)c1. The maximum Gasteiger partial charge on any atom is 0.335 e. The maximum absolute atomic E-state index is 15.5. The van der Waals surface area contributed by atoms with Crippen molar-refractivity contribution in [2.24, 2.45) is 11.5 Å². The van der Waals surface area contributed by atoms with Crippen molar-refractivity contribution in [3.63, 3.8) is 0 Å². The van der Waals surface area contributed by atoms with Crippen LogP contribution in [-0.4, -0.2) is 129 Å². The summed E-state index contributed by atoms with van der Waals surface area (Å²) in [5, 5.41) is 33.5. The summed E-state index contributed by atoms with van der Waals surface area (Å²) in [6.45, 7) is 10.5. The second kappa shape index (κ2) is 33.1. The van der Waals surface area contributed by atoms with Gasteiger partial charge in [-0.1, -0.05) is 70.9 Å². The van der Waals surface area contributed by atoms with Crippen molar-refractivity contribution in [2.75, 3.05) is 59.7 Å². The third-order valence-electron chi connectivity index (χ3n) is 14.0. The number of carboxylic acid groups (broad SMARTS) is 1. The summed E-state index contributed by atoms with van der Waals surface area (Å²) in [6.07, 6.45) is 8.96. The van der Waals surface area contributed by atoms with Gasteiger partial charge in [-0.05, 0) is 129 Å². The highest BCUT2D eigenvalue weighted by atomic mass is 16.5. The Morgan fingerprint density at radius 3 is 2.02 bits per heavy atom. The van der Waals surface area contributed by atoms with E-state index in [-0.39, 0.29) is 70.4 Å². The number of benzene rings is 4. The first-order valence-corrected chi connectivity index (χ1v) is 28.2. The fourth-order valence-electron chi connectivity index (χ4n) is 9.55. The van der Waals surface area contributed by atoms with Gasteiger partial charge in [-0.15, -0.1) is 0 Å². The molecular weight excluding hydrogens is 1030 g/mol. The third-order valence-corrected chi connectivity index (χ3v) is 14.0. The molecule has 0 spiro atoms. The number of hydrogen-bond acceptors (Lipinski definition) is 14. The summed E-state index contributed by atoms with van der Waals surface area (Å²) >= 11 is 0. The van der Waals surface area contributed by atoms with Crippen LogP contribution in [0, 0.1) is 25.2 Å². The molecular formula is C61H83N9O11. The van der Waals surface area contributed by atoms with E-state index in [1.54, 1.807) is 80.6 Å². The lowest BCUT2D eigenvalue weighted by molar-refractivity contribution is -0.141. The molecule has 20 heteroatoms. The van der Waals surface area contributed by atoms with Gasteiger partial charge in [0.1, 0.15) is 73.5 Å². The van der Waals surface area contributed by atoms with Crippen molar-refractivity contribution in [3.8, 4) is 40.2 Å². The van der Waals surface area contributed by atoms with Crippen LogP contribution >= 0.6 is 0 Å². The van der Waals surface area contributed by atoms with Gasteiger partial charge in [0.2, 0.25) is 23.6 Å². The molecule has 4 aromatic carbocycles. The number of amides is 5. The number of rotatable bonds is 31. The molecule has 5 amide bonds. The van der Waals surface area contributed by atoms with Gasteiger partial charge in [-0.25, -0.2) is 4.79 Å². The number of aromatic carboxylic acids is 1. The number of likely N-dealkylation sites (N-methyl/N-ethyl adjacent to an activating group) is 1. The minimum Gasteiger partial charge on any atom is -0.494 e. The monoisotopic (exact) mass is 1120 g/mol. The Balaban J connectivity index is 1.57. The number of carbonyl (C=O) groups excluding carboxylic acids is 5. The molecule has 4 aromatic rings. The molecule has 438 valence electrons. The average Bonchev–Trinajstić information content (AvgIpc) is 3.64. The number of hydrogen-bond donors (Lipinski definition) is 8. The highest BCUT2D eigenvalue weighted by molar-refractivity contribution is 6.00. The van der Waals surface area contributed by atoms with Crippen LogP contribution < -0.4 is 57.0 Å². The summed E-state index contributed by atoms with van der Waals surface area (Å²) in [6, 6.07) is 16.8. The van der Waals surface area contributed by atoms with E-state index in [1.165, 1.54) is 31.4 Å². The Kier molecular flexibility index (Phi) is 26.2. The molecule has 4 bridgehead atoms. The van der Waals surface area contributed by atoms with Crippen LogP contribution in [0.15, 0.2) is 72.8 Å². The molecule has 0 saturated heterocycles. The molecule has 81 heavy (non-hydrogen) atoms. The number of fused-ring (bicyclic) bond motifs is 5. The van der Waals surface area contributed by atoms with Gasteiger partial charge in [-0.2, -0.15) is 5.26 Å². The quantitative estimate of drug-likeness (QED) is 0.0206. The van der Waals surface area contributed by atoms with Crippen LogP contribution in [0.4, 0.5) is 0 Å². The van der Waals surface area contributed by atoms with Crippen LogP contribution in [0.2, 0.25) is 0 Å². The van der Waals surface area contributed by atoms with Crippen LogP contribution in [0.25, 0.3) is 11.1 Å². The number of nitrogens with two attached hydrogens (primary N) is 2. The average molecular weight is 1120 g/mol. The fourth-order valence-corrected chi connectivity index (χ4v) is 9.55. The maximum atomic E-state index is 15.5. The molecule has 0 radical (unpaired) electrons. The zero-order chi connectivity index (χ0) is 58.8. The number of aryl methyl sites for hydroxylation is 2. The Hall–Kier alpha value is -7.73. The lowest BCUT2D eigenvalue weighted by Crippen LogP contribution is -2.56. The molecule has 1 heterocycles. The van der Waals surface area contributed by atoms with Gasteiger partial charge in [0.05, 0.1) is 18.2 Å². The predicted octanol–water partition coefficient (Wildman–Crippen LogP) is 6.18. The molecule has 5 atom stereocenters. The van der Waals surface area contributed by atoms with E-state index >= 15 is 9.59 Å². The van der Waals surface area contributed by atoms with E-state index in [4.69, 9.17) is 30.4 Å². The van der Waals surface area contributed by atoms with Crippen molar-refractivity contribution in [2.45, 2.75) is 135 Å². The van der Waals surface area contributed by atoms with E-state index in [1.807, 2.05) is 6.07 Å². The molecule has 0 aliphatic carbocycles. The van der Waals surface area contributed by atoms with Gasteiger partial charge in [0.15, 0.2) is 0 Å². The van der Waals surface area contributed by atoms with Crippen molar-refractivity contribution >= 4 is 35.5 Å². The van der Waals surface area contributed by atoms with E-state index in [0.29, 0.717) is 75.0 Å². The van der Waals surface area contributed by atoms with E-state index in [0.717, 1.165) is 44.9 Å². The van der Waals surface area contributed by atoms with Crippen molar-refractivity contribution in [1.29, 1.82) is 5.26 Å². The zero-order valence-corrected chi connectivity index (χ0v) is 47.8. The molecule has 5 rings (SSSR count). The largest absolute Gasteiger partial charge is 0.494 e.